The summed E-state index contributed by atoms with van der Waals surface area (Å²) in [6.07, 6.45) is 5.32. The molecule has 0 aliphatic heterocycles. The van der Waals surface area contributed by atoms with Crippen LogP contribution in [0.2, 0.25) is 5.02 Å². The summed E-state index contributed by atoms with van der Waals surface area (Å²) in [5.41, 5.74) is 2.06. The number of rotatable bonds is 3. The first-order valence-electron chi connectivity index (χ1n) is 5.44. The third kappa shape index (κ3) is 2.82. The maximum absolute atomic E-state index is 13.5. The van der Waals surface area contributed by atoms with E-state index in [0.717, 1.165) is 11.3 Å². The number of benzene rings is 2. The van der Waals surface area contributed by atoms with Crippen molar-refractivity contribution in [1.82, 2.24) is 0 Å². The number of nitrogens with one attached hydrogen (secondary N) is 1. The van der Waals surface area contributed by atoms with Crippen molar-refractivity contribution in [2.24, 2.45) is 0 Å². The summed E-state index contributed by atoms with van der Waals surface area (Å²) in [4.78, 5) is 0. The molecule has 1 N–H and O–H groups in total. The Labute approximate surface area is 111 Å². The lowest BCUT2D eigenvalue weighted by Crippen LogP contribution is -2.02. The minimum atomic E-state index is -0.317. The van der Waals surface area contributed by atoms with Crippen LogP contribution in [0.1, 0.15) is 11.1 Å². The van der Waals surface area contributed by atoms with Gasteiger partial charge in [-0.15, -0.1) is 6.42 Å². The second-order valence-electron chi connectivity index (χ2n) is 3.78. The third-order valence-electron chi connectivity index (χ3n) is 2.56. The Kier molecular flexibility index (Phi) is 3.86. The molecule has 90 valence electrons. The molecule has 3 heteroatoms. The summed E-state index contributed by atoms with van der Waals surface area (Å²) in [5, 5.41) is 3.51. The van der Waals surface area contributed by atoms with Crippen molar-refractivity contribution in [3.63, 3.8) is 0 Å². The van der Waals surface area contributed by atoms with Crippen LogP contribution in [0, 0.1) is 18.2 Å². The SMILES string of the molecule is C#Cc1cccc(NCc2c(F)cccc2Cl)c1. The molecule has 1 nitrogen and oxygen atoms in total. The van der Waals surface area contributed by atoms with E-state index in [9.17, 15) is 4.39 Å². The van der Waals surface area contributed by atoms with Gasteiger partial charge in [0.25, 0.3) is 0 Å². The average Bonchev–Trinajstić information content (AvgIpc) is 2.38. The highest BCUT2D eigenvalue weighted by Crippen LogP contribution is 2.20. The van der Waals surface area contributed by atoms with Gasteiger partial charge < -0.3 is 5.32 Å². The van der Waals surface area contributed by atoms with Crippen LogP contribution >= 0.6 is 11.6 Å². The fourth-order valence-electron chi connectivity index (χ4n) is 1.61. The maximum atomic E-state index is 13.5. The lowest BCUT2D eigenvalue weighted by atomic mass is 10.2. The number of hydrogen-bond acceptors (Lipinski definition) is 1. The van der Waals surface area contributed by atoms with Gasteiger partial charge in [0.1, 0.15) is 5.82 Å². The molecule has 0 aliphatic rings. The van der Waals surface area contributed by atoms with Gasteiger partial charge >= 0.3 is 0 Å². The molecular formula is C15H11ClFN. The molecule has 0 aromatic heterocycles. The molecule has 0 saturated carbocycles. The van der Waals surface area contributed by atoms with Gasteiger partial charge in [0, 0.05) is 28.4 Å². The first-order valence-corrected chi connectivity index (χ1v) is 5.82. The molecule has 0 atom stereocenters. The fourth-order valence-corrected chi connectivity index (χ4v) is 1.84. The van der Waals surface area contributed by atoms with Crippen LogP contribution < -0.4 is 5.32 Å². The third-order valence-corrected chi connectivity index (χ3v) is 2.91. The molecule has 2 aromatic carbocycles. The van der Waals surface area contributed by atoms with Gasteiger partial charge in [-0.25, -0.2) is 4.39 Å². The van der Waals surface area contributed by atoms with Gasteiger partial charge in [0.2, 0.25) is 0 Å². The number of terminal acetylenes is 1. The van der Waals surface area contributed by atoms with E-state index in [-0.39, 0.29) is 5.82 Å². The van der Waals surface area contributed by atoms with Crippen LogP contribution in [0.3, 0.4) is 0 Å². The molecule has 18 heavy (non-hydrogen) atoms. The van der Waals surface area contributed by atoms with Crippen LogP contribution in [0.25, 0.3) is 0 Å². The summed E-state index contributed by atoms with van der Waals surface area (Å²) in [7, 11) is 0. The van der Waals surface area contributed by atoms with E-state index in [4.69, 9.17) is 18.0 Å². The Morgan fingerprint density at radius 1 is 1.22 bits per heavy atom. The van der Waals surface area contributed by atoms with Gasteiger partial charge in [0.15, 0.2) is 0 Å². The normalized spacial score (nSPS) is 9.83. The molecule has 0 radical (unpaired) electrons. The van der Waals surface area contributed by atoms with Crippen molar-refractivity contribution in [1.29, 1.82) is 0 Å². The van der Waals surface area contributed by atoms with Crippen LogP contribution in [-0.2, 0) is 6.54 Å². The van der Waals surface area contributed by atoms with Gasteiger partial charge in [-0.3, -0.25) is 0 Å². The van der Waals surface area contributed by atoms with Gasteiger partial charge in [-0.1, -0.05) is 29.7 Å². The fraction of sp³-hybridized carbons (Fsp3) is 0.0667. The standard InChI is InChI=1S/C15H11ClFN/c1-2-11-5-3-6-12(9-11)18-10-13-14(16)7-4-8-15(13)17/h1,3-9,18H,10H2. The monoisotopic (exact) mass is 259 g/mol. The smallest absolute Gasteiger partial charge is 0.129 e. The van der Waals surface area contributed by atoms with Crippen molar-refractivity contribution in [3.8, 4) is 12.3 Å². The maximum Gasteiger partial charge on any atom is 0.129 e. The Hall–Kier alpha value is -1.98. The first-order chi connectivity index (χ1) is 8.70. The molecular weight excluding hydrogens is 249 g/mol. The van der Waals surface area contributed by atoms with Crippen molar-refractivity contribution in [2.75, 3.05) is 5.32 Å². The average molecular weight is 260 g/mol. The molecule has 0 fully saturated rings. The zero-order valence-corrected chi connectivity index (χ0v) is 10.3. The predicted octanol–water partition coefficient (Wildman–Crippen LogP) is 4.07. The van der Waals surface area contributed by atoms with E-state index < -0.39 is 0 Å². The molecule has 0 aliphatic carbocycles. The summed E-state index contributed by atoms with van der Waals surface area (Å²) in [6, 6.07) is 12.0. The molecule has 2 aromatic rings. The Morgan fingerprint density at radius 2 is 2.00 bits per heavy atom. The van der Waals surface area contributed by atoms with Crippen molar-refractivity contribution in [3.05, 3.63) is 64.4 Å². The van der Waals surface area contributed by atoms with Gasteiger partial charge in [-0.2, -0.15) is 0 Å². The van der Waals surface area contributed by atoms with E-state index in [1.807, 2.05) is 24.3 Å². The zero-order valence-electron chi connectivity index (χ0n) is 9.58. The zero-order chi connectivity index (χ0) is 13.0. The lowest BCUT2D eigenvalue weighted by Gasteiger charge is -2.09. The van der Waals surface area contributed by atoms with Crippen LogP contribution in [0.15, 0.2) is 42.5 Å². The van der Waals surface area contributed by atoms with Crippen LogP contribution in [0.4, 0.5) is 10.1 Å². The van der Waals surface area contributed by atoms with Crippen molar-refractivity contribution in [2.45, 2.75) is 6.54 Å². The molecule has 2 rings (SSSR count). The van der Waals surface area contributed by atoms with Crippen molar-refractivity contribution >= 4 is 17.3 Å². The van der Waals surface area contributed by atoms with Crippen LogP contribution in [0.5, 0.6) is 0 Å². The first kappa shape index (κ1) is 12.5. The van der Waals surface area contributed by atoms with E-state index in [1.54, 1.807) is 12.1 Å². The minimum absolute atomic E-state index is 0.317. The highest BCUT2D eigenvalue weighted by Gasteiger charge is 2.06. The number of hydrogen-bond donors (Lipinski definition) is 1. The Morgan fingerprint density at radius 3 is 2.72 bits per heavy atom. The number of halogens is 2. The topological polar surface area (TPSA) is 12.0 Å². The second kappa shape index (κ2) is 5.57. The molecule has 0 amide bonds. The van der Waals surface area contributed by atoms with E-state index in [1.165, 1.54) is 6.07 Å². The molecule has 0 spiro atoms. The quantitative estimate of drug-likeness (QED) is 0.820. The van der Waals surface area contributed by atoms with E-state index in [0.29, 0.717) is 17.1 Å². The molecule has 0 saturated heterocycles. The summed E-state index contributed by atoms with van der Waals surface area (Å²) in [6.45, 7) is 0.319. The molecule has 0 bridgehead atoms. The van der Waals surface area contributed by atoms with Gasteiger partial charge in [0.05, 0.1) is 0 Å². The summed E-state index contributed by atoms with van der Waals surface area (Å²) >= 11 is 5.94. The molecule has 0 unspecified atom stereocenters. The van der Waals surface area contributed by atoms with Gasteiger partial charge in [-0.05, 0) is 30.3 Å². The van der Waals surface area contributed by atoms with Crippen LogP contribution in [-0.4, -0.2) is 0 Å². The highest BCUT2D eigenvalue weighted by molar-refractivity contribution is 6.31. The summed E-state index contributed by atoms with van der Waals surface area (Å²) in [5.74, 6) is 2.23. The highest BCUT2D eigenvalue weighted by atomic mass is 35.5. The summed E-state index contributed by atoms with van der Waals surface area (Å²) < 4.78 is 13.5. The lowest BCUT2D eigenvalue weighted by molar-refractivity contribution is 0.613. The van der Waals surface area contributed by atoms with E-state index >= 15 is 0 Å². The Balaban J connectivity index is 2.14. The predicted molar refractivity (Wildman–Crippen MR) is 73.1 cm³/mol. The van der Waals surface area contributed by atoms with Crippen molar-refractivity contribution < 1.29 is 4.39 Å². The Bertz CT molecular complexity index is 581. The molecule has 0 heterocycles. The minimum Gasteiger partial charge on any atom is -0.381 e. The van der Waals surface area contributed by atoms with E-state index in [2.05, 4.69) is 11.2 Å². The number of anilines is 1. The largest absolute Gasteiger partial charge is 0.381 e. The second-order valence-corrected chi connectivity index (χ2v) is 4.19.